The molecule has 0 fully saturated rings. The number of nitrogens with two attached hydrogens (primary N) is 1. The second-order valence-electron chi connectivity index (χ2n) is 6.35. The fraction of sp³-hybridized carbons (Fsp3) is 0.136. The van der Waals surface area contributed by atoms with Gasteiger partial charge < -0.3 is 10.8 Å². The summed E-state index contributed by atoms with van der Waals surface area (Å²) in [5.74, 6) is 5.28. The van der Waals surface area contributed by atoms with E-state index in [0.29, 0.717) is 16.0 Å². The third-order valence-electron chi connectivity index (χ3n) is 4.21. The van der Waals surface area contributed by atoms with Crippen LogP contribution in [-0.2, 0) is 5.60 Å². The Morgan fingerprint density at radius 3 is 2.76 bits per heavy atom. The summed E-state index contributed by atoms with van der Waals surface area (Å²) in [6.45, 7) is 1.61. The van der Waals surface area contributed by atoms with E-state index in [0.717, 1.165) is 11.2 Å². The van der Waals surface area contributed by atoms with Crippen LogP contribution in [0.1, 0.15) is 35.4 Å². The van der Waals surface area contributed by atoms with Crippen LogP contribution in [0.4, 0.5) is 0 Å². The molecule has 4 rings (SSSR count). The van der Waals surface area contributed by atoms with E-state index < -0.39 is 11.5 Å². The maximum absolute atomic E-state index is 11.7. The first-order chi connectivity index (χ1) is 13.5. The predicted octanol–water partition coefficient (Wildman–Crippen LogP) is 3.48. The molecule has 1 atom stereocenters. The van der Waals surface area contributed by atoms with Gasteiger partial charge in [-0.3, -0.25) is 4.79 Å². The van der Waals surface area contributed by atoms with Gasteiger partial charge in [-0.15, -0.1) is 11.3 Å². The van der Waals surface area contributed by atoms with E-state index in [4.69, 9.17) is 5.73 Å². The molecule has 4 aromatic rings. The quantitative estimate of drug-likeness (QED) is 0.511. The Bertz CT molecular complexity index is 1230. The van der Waals surface area contributed by atoms with Crippen LogP contribution in [0.5, 0.6) is 0 Å². The summed E-state index contributed by atoms with van der Waals surface area (Å²) < 4.78 is 1.67. The Kier molecular flexibility index (Phi) is 5.50. The van der Waals surface area contributed by atoms with Crippen LogP contribution in [0.15, 0.2) is 60.1 Å². The van der Waals surface area contributed by atoms with Crippen LogP contribution in [0.3, 0.4) is 0 Å². The molecule has 0 unspecified atom stereocenters. The Morgan fingerprint density at radius 1 is 1.24 bits per heavy atom. The third kappa shape index (κ3) is 3.90. The molecule has 0 saturated heterocycles. The first kappa shape index (κ1) is 20.3. The number of para-hydroxylation sites is 1. The molecule has 0 aliphatic rings. The maximum Gasteiger partial charge on any atom is 0.269 e. The van der Waals surface area contributed by atoms with E-state index in [1.807, 2.05) is 48.5 Å². The van der Waals surface area contributed by atoms with Crippen molar-refractivity contribution < 1.29 is 9.90 Å². The van der Waals surface area contributed by atoms with Gasteiger partial charge in [-0.05, 0) is 31.2 Å². The number of rotatable bonds is 3. The Labute approximate surface area is 172 Å². The van der Waals surface area contributed by atoms with Crippen molar-refractivity contribution in [1.82, 2.24) is 14.8 Å². The molecule has 2 aromatic heterocycles. The van der Waals surface area contributed by atoms with Gasteiger partial charge in [-0.2, -0.15) is 5.10 Å². The van der Waals surface area contributed by atoms with Crippen LogP contribution < -0.4 is 5.73 Å². The van der Waals surface area contributed by atoms with Crippen molar-refractivity contribution in [2.45, 2.75) is 20.0 Å². The van der Waals surface area contributed by atoms with Crippen LogP contribution in [-0.4, -0.2) is 25.8 Å². The van der Waals surface area contributed by atoms with Gasteiger partial charge in [0.1, 0.15) is 5.01 Å². The molecule has 0 aliphatic heterocycles. The average Bonchev–Trinajstić information content (AvgIpc) is 3.35. The van der Waals surface area contributed by atoms with Crippen molar-refractivity contribution in [1.29, 1.82) is 0 Å². The molecule has 146 valence electrons. The van der Waals surface area contributed by atoms with E-state index in [1.165, 1.54) is 11.3 Å². The van der Waals surface area contributed by atoms with Crippen LogP contribution in [0, 0.1) is 11.8 Å². The van der Waals surface area contributed by atoms with Crippen molar-refractivity contribution in [2.24, 2.45) is 5.73 Å². The number of nitrogens with zero attached hydrogens (tertiary/aromatic N) is 3. The van der Waals surface area contributed by atoms with Gasteiger partial charge >= 0.3 is 0 Å². The largest absolute Gasteiger partial charge is 0.371 e. The van der Waals surface area contributed by atoms with Crippen molar-refractivity contribution >= 4 is 28.1 Å². The van der Waals surface area contributed by atoms with Gasteiger partial charge in [-0.1, -0.05) is 43.5 Å². The molecule has 2 heterocycles. The fourth-order valence-corrected chi connectivity index (χ4v) is 3.52. The monoisotopic (exact) mass is 404 g/mol. The number of amides is 1. The molecule has 0 saturated carbocycles. The van der Waals surface area contributed by atoms with Crippen molar-refractivity contribution in [3.05, 3.63) is 76.4 Å². The average molecular weight is 404 g/mol. The number of carbonyl (C=O) groups excluding carboxylic acids is 1. The highest BCUT2D eigenvalue weighted by molar-refractivity contribution is 7.09. The summed E-state index contributed by atoms with van der Waals surface area (Å²) in [5.41, 5.74) is 6.58. The highest BCUT2D eigenvalue weighted by Crippen LogP contribution is 2.23. The minimum Gasteiger partial charge on any atom is -0.371 e. The second kappa shape index (κ2) is 7.87. The smallest absolute Gasteiger partial charge is 0.269 e. The fourth-order valence-electron chi connectivity index (χ4n) is 2.87. The lowest BCUT2D eigenvalue weighted by atomic mass is 10.1. The van der Waals surface area contributed by atoms with Crippen molar-refractivity contribution in [3.63, 3.8) is 0 Å². The molecule has 0 bridgehead atoms. The molecule has 0 radical (unpaired) electrons. The third-order valence-corrected chi connectivity index (χ3v) is 5.19. The lowest BCUT2D eigenvalue weighted by Gasteiger charge is -2.12. The van der Waals surface area contributed by atoms with Gasteiger partial charge in [0, 0.05) is 22.5 Å². The van der Waals surface area contributed by atoms with Gasteiger partial charge in [0.15, 0.2) is 11.3 Å². The van der Waals surface area contributed by atoms with E-state index in [2.05, 4.69) is 21.9 Å². The highest BCUT2D eigenvalue weighted by Gasteiger charge is 2.22. The summed E-state index contributed by atoms with van der Waals surface area (Å²) in [5, 5.41) is 18.0. The number of hydrogen-bond acceptors (Lipinski definition) is 5. The van der Waals surface area contributed by atoms with Crippen LogP contribution >= 0.6 is 11.3 Å². The number of aromatic nitrogens is 3. The number of hydrogen-bond donors (Lipinski definition) is 2. The van der Waals surface area contributed by atoms with Crippen LogP contribution in [0.25, 0.3) is 16.6 Å². The molecule has 3 N–H and O–H groups in total. The first-order valence-corrected chi connectivity index (χ1v) is 9.37. The Morgan fingerprint density at radius 2 is 2.03 bits per heavy atom. The summed E-state index contributed by atoms with van der Waals surface area (Å²) in [4.78, 5) is 15.9. The van der Waals surface area contributed by atoms with Gasteiger partial charge in [0.25, 0.3) is 5.91 Å². The number of carbonyl (C=O) groups is 1. The number of fused-ring (bicyclic) bond motifs is 1. The normalized spacial score (nSPS) is 12.5. The Hall–Kier alpha value is -3.47. The molecule has 0 aliphatic carbocycles. The summed E-state index contributed by atoms with van der Waals surface area (Å²) in [6.07, 6.45) is 1.63. The van der Waals surface area contributed by atoms with E-state index in [9.17, 15) is 9.90 Å². The molecule has 29 heavy (non-hydrogen) atoms. The highest BCUT2D eigenvalue weighted by atomic mass is 32.1. The first-order valence-electron chi connectivity index (χ1n) is 8.49. The molecule has 1 amide bonds. The van der Waals surface area contributed by atoms with Crippen LogP contribution in [0.2, 0.25) is 0 Å². The topological polar surface area (TPSA) is 94.0 Å². The standard InChI is InChI=1S/C21H16N4O2S.CH4/c1-21(27,20-23-11-12-28-20)10-9-14-5-4-6-15(13-14)25-17-8-3-2-7-16(17)18(24-25)19(22)26;/h2-8,11-13,27H,1H3,(H2,22,26);1H4/t21-;/m1./s1. The minimum absolute atomic E-state index is 0. The summed E-state index contributed by atoms with van der Waals surface area (Å²) in [7, 11) is 0. The minimum atomic E-state index is -1.33. The van der Waals surface area contributed by atoms with E-state index in [1.54, 1.807) is 23.2 Å². The molecular weight excluding hydrogens is 384 g/mol. The summed E-state index contributed by atoms with van der Waals surface area (Å²) >= 11 is 1.35. The number of benzene rings is 2. The zero-order chi connectivity index (χ0) is 19.7. The van der Waals surface area contributed by atoms with Crippen molar-refractivity contribution in [3.8, 4) is 17.5 Å². The van der Waals surface area contributed by atoms with Crippen molar-refractivity contribution in [2.75, 3.05) is 0 Å². The molecular formula is C22H20N4O2S. The van der Waals surface area contributed by atoms with E-state index in [-0.39, 0.29) is 13.1 Å². The zero-order valence-corrected chi connectivity index (χ0v) is 15.8. The number of aliphatic hydroxyl groups is 1. The number of primary amides is 1. The molecule has 2 aromatic carbocycles. The van der Waals surface area contributed by atoms with Gasteiger partial charge in [0.2, 0.25) is 0 Å². The van der Waals surface area contributed by atoms with E-state index >= 15 is 0 Å². The molecule has 0 spiro atoms. The SMILES string of the molecule is C.C[C@@](O)(C#Cc1cccc(-n2nc(C(N)=O)c3ccccc32)c1)c1nccs1. The number of thiazole rings is 1. The Balaban J connectivity index is 0.00000240. The lowest BCUT2D eigenvalue weighted by Crippen LogP contribution is -2.17. The predicted molar refractivity (Wildman–Crippen MR) is 115 cm³/mol. The van der Waals surface area contributed by atoms with Gasteiger partial charge in [0.05, 0.1) is 11.2 Å². The van der Waals surface area contributed by atoms with Gasteiger partial charge in [-0.25, -0.2) is 9.67 Å². The molecule has 7 heteroatoms. The maximum atomic E-state index is 11.7. The molecule has 6 nitrogen and oxygen atoms in total. The second-order valence-corrected chi connectivity index (χ2v) is 7.25. The zero-order valence-electron chi connectivity index (χ0n) is 15.0. The lowest BCUT2D eigenvalue weighted by molar-refractivity contribution is 0.0996. The summed E-state index contributed by atoms with van der Waals surface area (Å²) in [6, 6.07) is 14.8.